The highest BCUT2D eigenvalue weighted by atomic mass is 35.5. The zero-order valence-corrected chi connectivity index (χ0v) is 15.0. The SMILES string of the molecule is CCCNC(=O)c1ccccc1NC(=O)[C@H](C)Oc1cccc(Cl)c1. The Kier molecular flexibility index (Phi) is 6.83. The number of benzene rings is 2. The van der Waals surface area contributed by atoms with Crippen LogP contribution < -0.4 is 15.4 Å². The second-order valence-corrected chi connectivity index (χ2v) is 5.94. The van der Waals surface area contributed by atoms with E-state index in [1.54, 1.807) is 55.5 Å². The summed E-state index contributed by atoms with van der Waals surface area (Å²) in [5, 5.41) is 6.08. The van der Waals surface area contributed by atoms with Gasteiger partial charge >= 0.3 is 0 Å². The van der Waals surface area contributed by atoms with Crippen LogP contribution >= 0.6 is 11.6 Å². The number of ether oxygens (including phenoxy) is 1. The average molecular weight is 361 g/mol. The van der Waals surface area contributed by atoms with Crippen molar-refractivity contribution in [1.29, 1.82) is 0 Å². The van der Waals surface area contributed by atoms with E-state index >= 15 is 0 Å². The summed E-state index contributed by atoms with van der Waals surface area (Å²) in [6.07, 6.45) is 0.0929. The van der Waals surface area contributed by atoms with Crippen LogP contribution in [0.1, 0.15) is 30.6 Å². The van der Waals surface area contributed by atoms with Crippen LogP contribution in [0.5, 0.6) is 5.75 Å². The number of amides is 2. The van der Waals surface area contributed by atoms with Crippen LogP contribution in [0.2, 0.25) is 5.02 Å². The number of nitrogens with one attached hydrogen (secondary N) is 2. The maximum Gasteiger partial charge on any atom is 0.265 e. The molecule has 2 N–H and O–H groups in total. The number of halogens is 1. The Morgan fingerprint density at radius 3 is 2.64 bits per heavy atom. The van der Waals surface area contributed by atoms with Crippen LogP contribution in [0.15, 0.2) is 48.5 Å². The lowest BCUT2D eigenvalue weighted by atomic mass is 10.1. The summed E-state index contributed by atoms with van der Waals surface area (Å²) in [4.78, 5) is 24.6. The van der Waals surface area contributed by atoms with Crippen LogP contribution in [0.25, 0.3) is 0 Å². The monoisotopic (exact) mass is 360 g/mol. The van der Waals surface area contributed by atoms with E-state index in [4.69, 9.17) is 16.3 Å². The highest BCUT2D eigenvalue weighted by molar-refractivity contribution is 6.30. The number of hydrogen-bond donors (Lipinski definition) is 2. The molecule has 2 aromatic rings. The fraction of sp³-hybridized carbons (Fsp3) is 0.263. The summed E-state index contributed by atoms with van der Waals surface area (Å²) in [5.41, 5.74) is 0.863. The van der Waals surface area contributed by atoms with Crippen molar-refractivity contribution in [2.45, 2.75) is 26.4 Å². The molecule has 0 fully saturated rings. The standard InChI is InChI=1S/C19H21ClN2O3/c1-3-11-21-19(24)16-9-4-5-10-17(16)22-18(23)13(2)25-15-8-6-7-14(20)12-15/h4-10,12-13H,3,11H2,1-2H3,(H,21,24)(H,22,23)/t13-/m0/s1. The number of hydrogen-bond acceptors (Lipinski definition) is 3. The first-order valence-electron chi connectivity index (χ1n) is 8.11. The van der Waals surface area contributed by atoms with Crippen LogP contribution in [0.4, 0.5) is 5.69 Å². The molecule has 2 rings (SSSR count). The average Bonchev–Trinajstić information content (AvgIpc) is 2.60. The molecule has 0 heterocycles. The van der Waals surface area contributed by atoms with Crippen molar-refractivity contribution >= 4 is 29.1 Å². The second kappa shape index (κ2) is 9.08. The van der Waals surface area contributed by atoms with Crippen LogP contribution in [0, 0.1) is 0 Å². The van der Waals surface area contributed by atoms with E-state index in [9.17, 15) is 9.59 Å². The van der Waals surface area contributed by atoms with E-state index in [1.165, 1.54) is 0 Å². The Hall–Kier alpha value is -2.53. The minimum Gasteiger partial charge on any atom is -0.481 e. The van der Waals surface area contributed by atoms with Gasteiger partial charge in [-0.05, 0) is 43.7 Å². The summed E-state index contributed by atoms with van der Waals surface area (Å²) >= 11 is 5.91. The molecular weight excluding hydrogens is 340 g/mol. The molecule has 0 spiro atoms. The minimum atomic E-state index is -0.745. The highest BCUT2D eigenvalue weighted by Crippen LogP contribution is 2.20. The van der Waals surface area contributed by atoms with Gasteiger partial charge in [-0.25, -0.2) is 0 Å². The van der Waals surface area contributed by atoms with Gasteiger partial charge in [-0.2, -0.15) is 0 Å². The van der Waals surface area contributed by atoms with Gasteiger partial charge < -0.3 is 15.4 Å². The van der Waals surface area contributed by atoms with E-state index in [-0.39, 0.29) is 11.8 Å². The lowest BCUT2D eigenvalue weighted by Gasteiger charge is -2.16. The number of anilines is 1. The van der Waals surface area contributed by atoms with Gasteiger partial charge in [0.25, 0.3) is 11.8 Å². The molecule has 0 saturated heterocycles. The fourth-order valence-corrected chi connectivity index (χ4v) is 2.34. The lowest BCUT2D eigenvalue weighted by Crippen LogP contribution is -2.32. The molecule has 0 aliphatic rings. The first-order chi connectivity index (χ1) is 12.0. The highest BCUT2D eigenvalue weighted by Gasteiger charge is 2.18. The van der Waals surface area contributed by atoms with Gasteiger partial charge in [-0.1, -0.05) is 36.7 Å². The molecule has 132 valence electrons. The summed E-state index contributed by atoms with van der Waals surface area (Å²) in [6.45, 7) is 4.19. The van der Waals surface area contributed by atoms with Gasteiger partial charge in [-0.3, -0.25) is 9.59 Å². The molecule has 25 heavy (non-hydrogen) atoms. The van der Waals surface area contributed by atoms with Crippen molar-refractivity contribution in [2.75, 3.05) is 11.9 Å². The summed E-state index contributed by atoms with van der Waals surface area (Å²) in [6, 6.07) is 13.7. The third-order valence-corrected chi connectivity index (χ3v) is 3.68. The molecule has 0 bridgehead atoms. The van der Waals surface area contributed by atoms with Gasteiger partial charge in [0.1, 0.15) is 5.75 Å². The molecule has 5 nitrogen and oxygen atoms in total. The van der Waals surface area contributed by atoms with Crippen LogP contribution in [-0.4, -0.2) is 24.5 Å². The molecule has 6 heteroatoms. The molecule has 0 radical (unpaired) electrons. The van der Waals surface area contributed by atoms with Crippen molar-refractivity contribution in [1.82, 2.24) is 5.32 Å². The van der Waals surface area contributed by atoms with Gasteiger partial charge in [-0.15, -0.1) is 0 Å². The molecule has 0 aliphatic heterocycles. The van der Waals surface area contributed by atoms with E-state index in [0.29, 0.717) is 28.6 Å². The van der Waals surface area contributed by atoms with Crippen molar-refractivity contribution in [3.8, 4) is 5.75 Å². The van der Waals surface area contributed by atoms with E-state index in [2.05, 4.69) is 10.6 Å². The lowest BCUT2D eigenvalue weighted by molar-refractivity contribution is -0.122. The van der Waals surface area contributed by atoms with Crippen molar-refractivity contribution in [3.63, 3.8) is 0 Å². The normalized spacial score (nSPS) is 11.5. The molecular formula is C19H21ClN2O3. The summed E-state index contributed by atoms with van der Waals surface area (Å²) in [5.74, 6) is -0.0685. The Bertz CT molecular complexity index is 749. The maximum atomic E-state index is 12.4. The summed E-state index contributed by atoms with van der Waals surface area (Å²) < 4.78 is 5.60. The Labute approximate surface area is 152 Å². The molecule has 0 unspecified atom stereocenters. The Morgan fingerprint density at radius 2 is 1.92 bits per heavy atom. The predicted molar refractivity (Wildman–Crippen MR) is 99.2 cm³/mol. The molecule has 2 aromatic carbocycles. The number of rotatable bonds is 7. The Balaban J connectivity index is 2.05. The minimum absolute atomic E-state index is 0.221. The zero-order valence-electron chi connectivity index (χ0n) is 14.2. The van der Waals surface area contributed by atoms with E-state index in [0.717, 1.165) is 6.42 Å². The molecule has 1 atom stereocenters. The molecule has 0 aliphatic carbocycles. The quantitative estimate of drug-likeness (QED) is 0.787. The van der Waals surface area contributed by atoms with Crippen molar-refractivity contribution < 1.29 is 14.3 Å². The number of para-hydroxylation sites is 1. The summed E-state index contributed by atoms with van der Waals surface area (Å²) in [7, 11) is 0. The number of carbonyl (C=O) groups is 2. The smallest absolute Gasteiger partial charge is 0.265 e. The molecule has 0 aromatic heterocycles. The van der Waals surface area contributed by atoms with Crippen molar-refractivity contribution in [2.24, 2.45) is 0 Å². The van der Waals surface area contributed by atoms with Gasteiger partial charge in [0.05, 0.1) is 11.3 Å². The first-order valence-corrected chi connectivity index (χ1v) is 8.49. The van der Waals surface area contributed by atoms with E-state index < -0.39 is 6.10 Å². The van der Waals surface area contributed by atoms with Crippen LogP contribution in [0.3, 0.4) is 0 Å². The zero-order chi connectivity index (χ0) is 18.2. The third-order valence-electron chi connectivity index (χ3n) is 3.44. The number of carbonyl (C=O) groups excluding carboxylic acids is 2. The van der Waals surface area contributed by atoms with Gasteiger partial charge in [0.2, 0.25) is 0 Å². The largest absolute Gasteiger partial charge is 0.481 e. The first kappa shape index (κ1) is 18.8. The molecule has 0 saturated carbocycles. The third kappa shape index (κ3) is 5.50. The van der Waals surface area contributed by atoms with Crippen LogP contribution in [-0.2, 0) is 4.79 Å². The second-order valence-electron chi connectivity index (χ2n) is 5.51. The molecule has 2 amide bonds. The fourth-order valence-electron chi connectivity index (χ4n) is 2.16. The maximum absolute atomic E-state index is 12.4. The Morgan fingerprint density at radius 1 is 1.16 bits per heavy atom. The predicted octanol–water partition coefficient (Wildman–Crippen LogP) is 3.89. The van der Waals surface area contributed by atoms with Crippen molar-refractivity contribution in [3.05, 3.63) is 59.1 Å². The van der Waals surface area contributed by atoms with Gasteiger partial charge in [0, 0.05) is 11.6 Å². The topological polar surface area (TPSA) is 67.4 Å². The van der Waals surface area contributed by atoms with Gasteiger partial charge in [0.15, 0.2) is 6.10 Å². The van der Waals surface area contributed by atoms with E-state index in [1.807, 2.05) is 6.92 Å².